The van der Waals surface area contributed by atoms with E-state index in [1.54, 1.807) is 44.6 Å². The number of amides is 1. The minimum atomic E-state index is -0.508. The van der Waals surface area contributed by atoms with E-state index in [1.807, 2.05) is 42.5 Å². The highest BCUT2D eigenvalue weighted by atomic mass is 16.5. The van der Waals surface area contributed by atoms with Gasteiger partial charge in [-0.1, -0.05) is 30.3 Å². The van der Waals surface area contributed by atoms with Crippen LogP contribution in [0.3, 0.4) is 0 Å². The van der Waals surface area contributed by atoms with E-state index in [-0.39, 0.29) is 12.5 Å². The second-order valence-corrected chi connectivity index (χ2v) is 7.33. The quantitative estimate of drug-likeness (QED) is 0.431. The molecule has 4 aromatic rings. The van der Waals surface area contributed by atoms with Gasteiger partial charge in [0.1, 0.15) is 23.9 Å². The van der Waals surface area contributed by atoms with Crippen molar-refractivity contribution < 1.29 is 14.3 Å². The number of hydrogen-bond donors (Lipinski definition) is 2. The maximum Gasteiger partial charge on any atom is 0.350 e. The molecule has 8 heteroatoms. The van der Waals surface area contributed by atoms with Crippen LogP contribution >= 0.6 is 0 Å². The molecule has 0 aliphatic carbocycles. The van der Waals surface area contributed by atoms with Crippen LogP contribution < -0.4 is 25.8 Å². The van der Waals surface area contributed by atoms with Gasteiger partial charge in [0.05, 0.1) is 19.7 Å². The number of ether oxygens (including phenoxy) is 2. The molecule has 0 aliphatic rings. The molecule has 0 unspecified atom stereocenters. The highest BCUT2D eigenvalue weighted by Crippen LogP contribution is 2.21. The monoisotopic (exact) mass is 444 g/mol. The number of para-hydroxylation sites is 1. The fourth-order valence-corrected chi connectivity index (χ4v) is 3.49. The van der Waals surface area contributed by atoms with Gasteiger partial charge in [0.2, 0.25) is 5.91 Å². The Morgan fingerprint density at radius 1 is 0.939 bits per heavy atom. The number of carbonyl (C=O) groups is 1. The van der Waals surface area contributed by atoms with E-state index in [0.717, 1.165) is 16.7 Å². The Labute approximate surface area is 190 Å². The van der Waals surface area contributed by atoms with Crippen LogP contribution in [0.5, 0.6) is 11.5 Å². The second-order valence-electron chi connectivity index (χ2n) is 7.33. The minimum absolute atomic E-state index is 0.164. The van der Waals surface area contributed by atoms with Crippen molar-refractivity contribution in [2.45, 2.75) is 13.1 Å². The Morgan fingerprint density at radius 2 is 1.70 bits per heavy atom. The number of nitrogens with zero attached hydrogens (tertiary/aromatic N) is 2. The van der Waals surface area contributed by atoms with Crippen molar-refractivity contribution in [1.29, 1.82) is 0 Å². The smallest absolute Gasteiger partial charge is 0.350 e. The van der Waals surface area contributed by atoms with Gasteiger partial charge in [-0.2, -0.15) is 4.98 Å². The maximum atomic E-state index is 12.8. The van der Waals surface area contributed by atoms with Gasteiger partial charge in [0.15, 0.2) is 0 Å². The van der Waals surface area contributed by atoms with E-state index in [1.165, 1.54) is 4.57 Å². The van der Waals surface area contributed by atoms with Crippen LogP contribution in [0.2, 0.25) is 0 Å². The van der Waals surface area contributed by atoms with Crippen LogP contribution in [0, 0.1) is 0 Å². The molecule has 0 atom stereocenters. The highest BCUT2D eigenvalue weighted by Gasteiger charge is 2.13. The zero-order valence-corrected chi connectivity index (χ0v) is 18.4. The number of anilines is 2. The summed E-state index contributed by atoms with van der Waals surface area (Å²) in [5.74, 6) is 1.54. The van der Waals surface area contributed by atoms with Gasteiger partial charge in [-0.05, 0) is 42.0 Å². The van der Waals surface area contributed by atoms with E-state index in [9.17, 15) is 9.59 Å². The normalized spacial score (nSPS) is 10.6. The Hall–Kier alpha value is -4.33. The molecular weight excluding hydrogens is 420 g/mol. The molecule has 33 heavy (non-hydrogen) atoms. The molecule has 0 bridgehead atoms. The Morgan fingerprint density at radius 3 is 2.45 bits per heavy atom. The molecule has 0 spiro atoms. The third-order valence-electron chi connectivity index (χ3n) is 5.16. The molecular formula is C25H24N4O4. The lowest BCUT2D eigenvalue weighted by Crippen LogP contribution is -2.30. The minimum Gasteiger partial charge on any atom is -0.497 e. The second kappa shape index (κ2) is 9.86. The van der Waals surface area contributed by atoms with Gasteiger partial charge < -0.3 is 20.1 Å². The molecule has 0 radical (unpaired) electrons. The first-order valence-corrected chi connectivity index (χ1v) is 10.4. The standard InChI is InChI=1S/C25H24N4O4/c1-32-19-12-10-17(11-13-19)15-26-24-21-8-3-4-9-22(21)29(25(31)28-24)16-23(30)27-18-6-5-7-20(14-18)33-2/h3-14H,15-16H2,1-2H3,(H,27,30)(H,26,28,31). The van der Waals surface area contributed by atoms with Crippen molar-refractivity contribution >= 4 is 28.3 Å². The van der Waals surface area contributed by atoms with Crippen LogP contribution in [-0.4, -0.2) is 29.7 Å². The van der Waals surface area contributed by atoms with Crippen molar-refractivity contribution in [3.8, 4) is 11.5 Å². The van der Waals surface area contributed by atoms with Gasteiger partial charge in [-0.3, -0.25) is 9.36 Å². The van der Waals surface area contributed by atoms with Gasteiger partial charge in [-0.25, -0.2) is 4.79 Å². The Bertz CT molecular complexity index is 1330. The van der Waals surface area contributed by atoms with Crippen LogP contribution in [-0.2, 0) is 17.9 Å². The lowest BCUT2D eigenvalue weighted by molar-refractivity contribution is -0.116. The molecule has 4 rings (SSSR count). The van der Waals surface area contributed by atoms with E-state index >= 15 is 0 Å². The van der Waals surface area contributed by atoms with Crippen molar-refractivity contribution in [3.63, 3.8) is 0 Å². The number of nitrogens with one attached hydrogen (secondary N) is 2. The number of hydrogen-bond acceptors (Lipinski definition) is 6. The summed E-state index contributed by atoms with van der Waals surface area (Å²) in [6, 6.07) is 22.0. The van der Waals surface area contributed by atoms with Gasteiger partial charge in [-0.15, -0.1) is 0 Å². The van der Waals surface area contributed by atoms with E-state index in [4.69, 9.17) is 9.47 Å². The fourth-order valence-electron chi connectivity index (χ4n) is 3.49. The van der Waals surface area contributed by atoms with Crippen LogP contribution in [0.15, 0.2) is 77.6 Å². The lowest BCUT2D eigenvalue weighted by atomic mass is 10.2. The van der Waals surface area contributed by atoms with Crippen LogP contribution in [0.25, 0.3) is 10.9 Å². The fraction of sp³-hybridized carbons (Fsp3) is 0.160. The van der Waals surface area contributed by atoms with Crippen molar-refractivity contribution in [2.24, 2.45) is 0 Å². The number of rotatable bonds is 8. The number of aromatic nitrogens is 2. The zero-order chi connectivity index (χ0) is 23.2. The molecule has 0 aliphatic heterocycles. The molecule has 0 fully saturated rings. The summed E-state index contributed by atoms with van der Waals surface area (Å²) < 4.78 is 11.7. The summed E-state index contributed by atoms with van der Waals surface area (Å²) >= 11 is 0. The molecule has 3 aromatic carbocycles. The summed E-state index contributed by atoms with van der Waals surface area (Å²) in [5, 5.41) is 6.78. The van der Waals surface area contributed by atoms with E-state index < -0.39 is 5.69 Å². The average molecular weight is 444 g/mol. The van der Waals surface area contributed by atoms with Crippen molar-refractivity contribution in [2.75, 3.05) is 24.9 Å². The molecule has 0 saturated heterocycles. The predicted molar refractivity (Wildman–Crippen MR) is 128 cm³/mol. The predicted octanol–water partition coefficient (Wildman–Crippen LogP) is 3.66. The van der Waals surface area contributed by atoms with E-state index in [0.29, 0.717) is 29.3 Å². The number of fused-ring (bicyclic) bond motifs is 1. The first-order valence-electron chi connectivity index (χ1n) is 10.4. The first-order chi connectivity index (χ1) is 16.1. The largest absolute Gasteiger partial charge is 0.497 e. The maximum absolute atomic E-state index is 12.8. The zero-order valence-electron chi connectivity index (χ0n) is 18.4. The summed E-state index contributed by atoms with van der Waals surface area (Å²) in [7, 11) is 3.18. The Kier molecular flexibility index (Phi) is 6.54. The first kappa shape index (κ1) is 21.9. The van der Waals surface area contributed by atoms with Crippen LogP contribution in [0.4, 0.5) is 11.5 Å². The molecule has 1 heterocycles. The molecule has 1 aromatic heterocycles. The van der Waals surface area contributed by atoms with Gasteiger partial charge >= 0.3 is 5.69 Å². The molecule has 168 valence electrons. The van der Waals surface area contributed by atoms with E-state index in [2.05, 4.69) is 15.6 Å². The van der Waals surface area contributed by atoms with Gasteiger partial charge in [0, 0.05) is 23.7 Å². The van der Waals surface area contributed by atoms with Crippen LogP contribution in [0.1, 0.15) is 5.56 Å². The van der Waals surface area contributed by atoms with Crippen molar-refractivity contribution in [1.82, 2.24) is 9.55 Å². The molecule has 2 N–H and O–H groups in total. The molecule has 1 amide bonds. The SMILES string of the molecule is COc1ccc(CNc2nc(=O)n(CC(=O)Nc3cccc(OC)c3)c3ccccc23)cc1. The summed E-state index contributed by atoms with van der Waals surface area (Å²) in [5.41, 5.74) is 1.72. The lowest BCUT2D eigenvalue weighted by Gasteiger charge is -2.14. The summed E-state index contributed by atoms with van der Waals surface area (Å²) in [6.07, 6.45) is 0. The number of carbonyl (C=O) groups excluding carboxylic acids is 1. The highest BCUT2D eigenvalue weighted by molar-refractivity contribution is 5.93. The third kappa shape index (κ3) is 5.12. The topological polar surface area (TPSA) is 94.5 Å². The number of methoxy groups -OCH3 is 2. The summed E-state index contributed by atoms with van der Waals surface area (Å²) in [6.45, 7) is 0.323. The Balaban J connectivity index is 1.56. The number of benzene rings is 3. The average Bonchev–Trinajstić information content (AvgIpc) is 2.85. The van der Waals surface area contributed by atoms with Gasteiger partial charge in [0.25, 0.3) is 0 Å². The summed E-state index contributed by atoms with van der Waals surface area (Å²) in [4.78, 5) is 29.7. The third-order valence-corrected chi connectivity index (χ3v) is 5.16. The molecule has 8 nitrogen and oxygen atoms in total. The molecule has 0 saturated carbocycles. The van der Waals surface area contributed by atoms with Crippen molar-refractivity contribution in [3.05, 3.63) is 88.8 Å².